The van der Waals surface area contributed by atoms with E-state index in [4.69, 9.17) is 9.15 Å². The molecule has 1 atom stereocenters. The van der Waals surface area contributed by atoms with E-state index in [2.05, 4.69) is 24.1 Å². The molecule has 0 aliphatic carbocycles. The Balaban J connectivity index is 2.01. The molecular weight excluding hydrogens is 214 g/mol. The minimum Gasteiger partial charge on any atom is -0.497 e. The fourth-order valence-electron chi connectivity index (χ4n) is 2.59. The van der Waals surface area contributed by atoms with Gasteiger partial charge in [-0.2, -0.15) is 0 Å². The van der Waals surface area contributed by atoms with Gasteiger partial charge in [0.2, 0.25) is 0 Å². The van der Waals surface area contributed by atoms with Gasteiger partial charge in [0.05, 0.1) is 13.2 Å². The van der Waals surface area contributed by atoms with Crippen LogP contribution >= 0.6 is 0 Å². The molecule has 0 spiro atoms. The molecule has 3 rings (SSSR count). The van der Waals surface area contributed by atoms with Crippen LogP contribution in [0.2, 0.25) is 0 Å². The van der Waals surface area contributed by atoms with E-state index in [0.717, 1.165) is 29.0 Å². The fraction of sp³-hybridized carbons (Fsp3) is 0.429. The molecular formula is C14H17NO2. The molecule has 0 saturated carbocycles. The van der Waals surface area contributed by atoms with Gasteiger partial charge in [0, 0.05) is 11.5 Å². The van der Waals surface area contributed by atoms with Crippen molar-refractivity contribution in [2.24, 2.45) is 0 Å². The van der Waals surface area contributed by atoms with E-state index in [-0.39, 0.29) is 0 Å². The second-order valence-corrected chi connectivity index (χ2v) is 4.69. The highest BCUT2D eigenvalue weighted by Crippen LogP contribution is 2.34. The summed E-state index contributed by atoms with van der Waals surface area (Å²) in [6, 6.07) is 8.57. The predicted molar refractivity (Wildman–Crippen MR) is 67.4 cm³/mol. The zero-order valence-electron chi connectivity index (χ0n) is 10.3. The molecule has 0 bridgehead atoms. The Morgan fingerprint density at radius 2 is 2.24 bits per heavy atom. The number of hydrogen-bond acceptors (Lipinski definition) is 3. The van der Waals surface area contributed by atoms with Crippen molar-refractivity contribution >= 4 is 11.0 Å². The number of rotatable bonds is 2. The first-order valence-electron chi connectivity index (χ1n) is 6.05. The third kappa shape index (κ3) is 1.80. The van der Waals surface area contributed by atoms with Gasteiger partial charge in [-0.1, -0.05) is 0 Å². The van der Waals surface area contributed by atoms with Crippen LogP contribution in [-0.4, -0.2) is 25.6 Å². The van der Waals surface area contributed by atoms with Gasteiger partial charge in [-0.25, -0.2) is 0 Å². The van der Waals surface area contributed by atoms with Crippen molar-refractivity contribution in [3.8, 4) is 5.75 Å². The second kappa shape index (κ2) is 4.08. The van der Waals surface area contributed by atoms with E-state index in [1.165, 1.54) is 12.8 Å². The van der Waals surface area contributed by atoms with Crippen LogP contribution < -0.4 is 4.74 Å². The Hall–Kier alpha value is -1.48. The molecule has 1 aromatic heterocycles. The summed E-state index contributed by atoms with van der Waals surface area (Å²) in [5.41, 5.74) is 0.916. The number of nitrogens with zero attached hydrogens (tertiary/aromatic N) is 1. The number of benzene rings is 1. The summed E-state index contributed by atoms with van der Waals surface area (Å²) in [6.45, 7) is 1.16. The number of fused-ring (bicyclic) bond motifs is 1. The minimum absolute atomic E-state index is 0.438. The Morgan fingerprint density at radius 3 is 2.94 bits per heavy atom. The molecule has 2 heterocycles. The first-order valence-corrected chi connectivity index (χ1v) is 6.05. The number of likely N-dealkylation sites (tertiary alicyclic amines) is 1. The van der Waals surface area contributed by atoms with E-state index in [0.29, 0.717) is 6.04 Å². The standard InChI is InChI=1S/C14H17NO2/c1-15-7-3-4-12(15)14-8-10-5-6-11(16-2)9-13(10)17-14/h5-6,8-9,12H,3-4,7H2,1-2H3. The summed E-state index contributed by atoms with van der Waals surface area (Å²) in [4.78, 5) is 2.36. The summed E-state index contributed by atoms with van der Waals surface area (Å²) >= 11 is 0. The van der Waals surface area contributed by atoms with Crippen molar-refractivity contribution in [1.29, 1.82) is 0 Å². The maximum atomic E-state index is 5.94. The molecule has 1 aliphatic heterocycles. The molecule has 2 aromatic rings. The Kier molecular flexibility index (Phi) is 2.56. The third-order valence-electron chi connectivity index (χ3n) is 3.60. The van der Waals surface area contributed by atoms with Gasteiger partial charge >= 0.3 is 0 Å². The van der Waals surface area contributed by atoms with Crippen LogP contribution in [0.4, 0.5) is 0 Å². The number of methoxy groups -OCH3 is 1. The first-order chi connectivity index (χ1) is 8.28. The monoisotopic (exact) mass is 231 g/mol. The summed E-state index contributed by atoms with van der Waals surface area (Å²) in [5, 5.41) is 1.15. The molecule has 1 unspecified atom stereocenters. The van der Waals surface area contributed by atoms with Gasteiger partial charge in [-0.05, 0) is 44.6 Å². The molecule has 1 aromatic carbocycles. The maximum absolute atomic E-state index is 5.94. The molecule has 3 nitrogen and oxygen atoms in total. The lowest BCUT2D eigenvalue weighted by Gasteiger charge is -2.16. The van der Waals surface area contributed by atoms with Crippen LogP contribution in [0.25, 0.3) is 11.0 Å². The lowest BCUT2D eigenvalue weighted by molar-refractivity contribution is 0.281. The molecule has 1 fully saturated rings. The molecule has 0 N–H and O–H groups in total. The van der Waals surface area contributed by atoms with E-state index >= 15 is 0 Å². The van der Waals surface area contributed by atoms with E-state index in [9.17, 15) is 0 Å². The maximum Gasteiger partial charge on any atom is 0.138 e. The highest BCUT2D eigenvalue weighted by molar-refractivity contribution is 5.79. The van der Waals surface area contributed by atoms with Gasteiger partial charge in [-0.15, -0.1) is 0 Å². The van der Waals surface area contributed by atoms with E-state index < -0.39 is 0 Å². The minimum atomic E-state index is 0.438. The van der Waals surface area contributed by atoms with Crippen LogP contribution in [0.3, 0.4) is 0 Å². The Morgan fingerprint density at radius 1 is 1.35 bits per heavy atom. The van der Waals surface area contributed by atoms with Gasteiger partial charge in [0.25, 0.3) is 0 Å². The van der Waals surface area contributed by atoms with E-state index in [1.54, 1.807) is 7.11 Å². The average Bonchev–Trinajstić information content (AvgIpc) is 2.93. The van der Waals surface area contributed by atoms with Crippen molar-refractivity contribution in [2.45, 2.75) is 18.9 Å². The fourth-order valence-corrected chi connectivity index (χ4v) is 2.59. The van der Waals surface area contributed by atoms with Crippen LogP contribution in [0.1, 0.15) is 24.6 Å². The van der Waals surface area contributed by atoms with Crippen LogP contribution in [-0.2, 0) is 0 Å². The Bertz CT molecular complexity index is 532. The van der Waals surface area contributed by atoms with Crippen LogP contribution in [0.5, 0.6) is 5.75 Å². The average molecular weight is 231 g/mol. The van der Waals surface area contributed by atoms with Crippen LogP contribution in [0.15, 0.2) is 28.7 Å². The summed E-state index contributed by atoms with van der Waals surface area (Å²) in [6.07, 6.45) is 2.44. The molecule has 90 valence electrons. The zero-order valence-corrected chi connectivity index (χ0v) is 10.3. The predicted octanol–water partition coefficient (Wildman–Crippen LogP) is 3.21. The molecule has 0 amide bonds. The highest BCUT2D eigenvalue weighted by Gasteiger charge is 2.25. The lowest BCUT2D eigenvalue weighted by atomic mass is 10.1. The lowest BCUT2D eigenvalue weighted by Crippen LogP contribution is -2.16. The molecule has 17 heavy (non-hydrogen) atoms. The second-order valence-electron chi connectivity index (χ2n) is 4.69. The van der Waals surface area contributed by atoms with Crippen molar-refractivity contribution in [2.75, 3.05) is 20.7 Å². The third-order valence-corrected chi connectivity index (χ3v) is 3.60. The SMILES string of the molecule is COc1ccc2cc(C3CCCN3C)oc2c1. The molecule has 3 heteroatoms. The molecule has 1 saturated heterocycles. The number of hydrogen-bond donors (Lipinski definition) is 0. The largest absolute Gasteiger partial charge is 0.497 e. The van der Waals surface area contributed by atoms with Crippen molar-refractivity contribution < 1.29 is 9.15 Å². The normalized spacial score (nSPS) is 21.2. The molecule has 1 aliphatic rings. The number of furan rings is 1. The first kappa shape index (κ1) is 10.7. The van der Waals surface area contributed by atoms with Crippen molar-refractivity contribution in [3.63, 3.8) is 0 Å². The summed E-state index contributed by atoms with van der Waals surface area (Å²) < 4.78 is 11.2. The zero-order chi connectivity index (χ0) is 11.8. The van der Waals surface area contributed by atoms with E-state index in [1.807, 2.05) is 12.1 Å². The summed E-state index contributed by atoms with van der Waals surface area (Å²) in [5.74, 6) is 1.92. The quantitative estimate of drug-likeness (QED) is 0.793. The summed E-state index contributed by atoms with van der Waals surface area (Å²) in [7, 11) is 3.83. The topological polar surface area (TPSA) is 25.6 Å². The van der Waals surface area contributed by atoms with Crippen LogP contribution in [0, 0.1) is 0 Å². The smallest absolute Gasteiger partial charge is 0.138 e. The van der Waals surface area contributed by atoms with Crippen molar-refractivity contribution in [3.05, 3.63) is 30.0 Å². The highest BCUT2D eigenvalue weighted by atomic mass is 16.5. The Labute approximate surface area is 101 Å². The van der Waals surface area contributed by atoms with Gasteiger partial charge < -0.3 is 9.15 Å². The van der Waals surface area contributed by atoms with Gasteiger partial charge in [-0.3, -0.25) is 4.90 Å². The van der Waals surface area contributed by atoms with Gasteiger partial charge in [0.1, 0.15) is 17.1 Å². The van der Waals surface area contributed by atoms with Crippen molar-refractivity contribution in [1.82, 2.24) is 4.90 Å². The van der Waals surface area contributed by atoms with Gasteiger partial charge in [0.15, 0.2) is 0 Å². The number of ether oxygens (including phenoxy) is 1. The molecule has 0 radical (unpaired) electrons.